The van der Waals surface area contributed by atoms with Crippen LogP contribution in [0.4, 0.5) is 0 Å². The number of ether oxygens (including phenoxy) is 1. The molecule has 6 nitrogen and oxygen atoms in total. The number of amides is 2. The molecule has 0 aliphatic heterocycles. The molecule has 1 aromatic heterocycles. The largest absolute Gasteiger partial charge is 0.497 e. The molecular weight excluding hydrogens is 296 g/mol. The van der Waals surface area contributed by atoms with Crippen molar-refractivity contribution in [3.63, 3.8) is 0 Å². The van der Waals surface area contributed by atoms with Crippen LogP contribution in [0.1, 0.15) is 23.0 Å². The van der Waals surface area contributed by atoms with E-state index >= 15 is 0 Å². The summed E-state index contributed by atoms with van der Waals surface area (Å²) in [5.41, 5.74) is 0.518. The highest BCUT2D eigenvalue weighted by atomic mass is 16.5. The maximum absolute atomic E-state index is 12.1. The smallest absolute Gasteiger partial charge is 0.251 e. The van der Waals surface area contributed by atoms with Gasteiger partial charge in [0, 0.05) is 25.6 Å². The normalized spacial score (nSPS) is 10.2. The molecule has 0 aliphatic carbocycles. The fourth-order valence-electron chi connectivity index (χ4n) is 2.11. The van der Waals surface area contributed by atoms with Crippen LogP contribution in [-0.2, 0) is 11.3 Å². The third kappa shape index (κ3) is 4.88. The van der Waals surface area contributed by atoms with E-state index in [0.29, 0.717) is 36.7 Å². The Morgan fingerprint density at radius 1 is 1.26 bits per heavy atom. The summed E-state index contributed by atoms with van der Waals surface area (Å²) in [5, 5.41) is 2.80. The quantitative estimate of drug-likeness (QED) is 0.849. The number of benzene rings is 1. The van der Waals surface area contributed by atoms with Crippen molar-refractivity contribution in [2.75, 3.05) is 20.2 Å². The predicted octanol–water partition coefficient (Wildman–Crippen LogP) is 2.07. The maximum atomic E-state index is 12.1. The minimum Gasteiger partial charge on any atom is -0.497 e. The molecule has 2 rings (SSSR count). The zero-order valence-corrected chi connectivity index (χ0v) is 13.2. The van der Waals surface area contributed by atoms with Crippen molar-refractivity contribution in [1.29, 1.82) is 0 Å². The lowest BCUT2D eigenvalue weighted by atomic mass is 10.2. The average Bonchev–Trinajstić information content (AvgIpc) is 3.06. The predicted molar refractivity (Wildman–Crippen MR) is 85.1 cm³/mol. The third-order valence-electron chi connectivity index (χ3n) is 3.37. The summed E-state index contributed by atoms with van der Waals surface area (Å²) < 4.78 is 10.3. The first-order valence-electron chi connectivity index (χ1n) is 7.30. The molecule has 0 aliphatic rings. The molecule has 1 N–H and O–H groups in total. The summed E-state index contributed by atoms with van der Waals surface area (Å²) in [6.45, 7) is 2.65. The number of hydrogen-bond donors (Lipinski definition) is 1. The number of nitrogens with one attached hydrogen (secondary N) is 1. The third-order valence-corrected chi connectivity index (χ3v) is 3.37. The summed E-state index contributed by atoms with van der Waals surface area (Å²) in [4.78, 5) is 25.4. The van der Waals surface area contributed by atoms with Gasteiger partial charge < -0.3 is 19.4 Å². The van der Waals surface area contributed by atoms with Gasteiger partial charge in [-0.3, -0.25) is 9.59 Å². The van der Waals surface area contributed by atoms with Crippen LogP contribution in [0.25, 0.3) is 0 Å². The molecule has 0 radical (unpaired) electrons. The molecule has 0 saturated carbocycles. The molecule has 122 valence electrons. The Morgan fingerprint density at radius 3 is 2.74 bits per heavy atom. The summed E-state index contributed by atoms with van der Waals surface area (Å²) in [6, 6.07) is 10.5. The maximum Gasteiger partial charge on any atom is 0.251 e. The topological polar surface area (TPSA) is 71.8 Å². The highest BCUT2D eigenvalue weighted by Crippen LogP contribution is 2.12. The number of carbonyl (C=O) groups is 2. The molecule has 0 bridgehead atoms. The summed E-state index contributed by atoms with van der Waals surface area (Å²) in [6.07, 6.45) is 1.57. The first-order chi connectivity index (χ1) is 11.1. The van der Waals surface area contributed by atoms with Gasteiger partial charge in [0.2, 0.25) is 5.91 Å². The highest BCUT2D eigenvalue weighted by molar-refractivity contribution is 5.94. The van der Waals surface area contributed by atoms with Gasteiger partial charge in [0.25, 0.3) is 5.91 Å². The first kappa shape index (κ1) is 16.6. The lowest BCUT2D eigenvalue weighted by molar-refractivity contribution is -0.129. The van der Waals surface area contributed by atoms with E-state index < -0.39 is 0 Å². The Hall–Kier alpha value is -2.76. The van der Waals surface area contributed by atoms with E-state index in [-0.39, 0.29) is 11.8 Å². The van der Waals surface area contributed by atoms with Crippen LogP contribution in [0.3, 0.4) is 0 Å². The van der Waals surface area contributed by atoms with Crippen LogP contribution < -0.4 is 10.1 Å². The fraction of sp³-hybridized carbons (Fsp3) is 0.294. The molecule has 1 aromatic carbocycles. The van der Waals surface area contributed by atoms with Crippen molar-refractivity contribution in [2.45, 2.75) is 13.5 Å². The second kappa shape index (κ2) is 8.03. The zero-order valence-electron chi connectivity index (χ0n) is 13.2. The van der Waals surface area contributed by atoms with Crippen molar-refractivity contribution in [3.05, 3.63) is 54.0 Å². The van der Waals surface area contributed by atoms with E-state index in [1.54, 1.807) is 48.6 Å². The van der Waals surface area contributed by atoms with Crippen molar-refractivity contribution in [2.24, 2.45) is 0 Å². The molecule has 0 atom stereocenters. The second-order valence-electron chi connectivity index (χ2n) is 5.01. The number of nitrogens with zero attached hydrogens (tertiary/aromatic N) is 1. The molecule has 0 saturated heterocycles. The van der Waals surface area contributed by atoms with Gasteiger partial charge in [0.05, 0.1) is 19.9 Å². The minimum absolute atomic E-state index is 0.0722. The van der Waals surface area contributed by atoms with Gasteiger partial charge in [-0.25, -0.2) is 0 Å². The van der Waals surface area contributed by atoms with Gasteiger partial charge >= 0.3 is 0 Å². The fourth-order valence-corrected chi connectivity index (χ4v) is 2.11. The van der Waals surface area contributed by atoms with Crippen molar-refractivity contribution < 1.29 is 18.7 Å². The van der Waals surface area contributed by atoms with Gasteiger partial charge in [0.15, 0.2) is 0 Å². The Balaban J connectivity index is 1.86. The SMILES string of the molecule is COc1cccc(C(=O)NCCN(Cc2ccco2)C(C)=O)c1. The van der Waals surface area contributed by atoms with Gasteiger partial charge in [0.1, 0.15) is 11.5 Å². The summed E-state index contributed by atoms with van der Waals surface area (Å²) >= 11 is 0. The van der Waals surface area contributed by atoms with E-state index in [2.05, 4.69) is 5.32 Å². The van der Waals surface area contributed by atoms with Gasteiger partial charge in [-0.05, 0) is 30.3 Å². The minimum atomic E-state index is -0.203. The van der Waals surface area contributed by atoms with Gasteiger partial charge in [-0.1, -0.05) is 6.07 Å². The molecule has 23 heavy (non-hydrogen) atoms. The second-order valence-corrected chi connectivity index (χ2v) is 5.01. The molecule has 6 heteroatoms. The van der Waals surface area contributed by atoms with Crippen LogP contribution >= 0.6 is 0 Å². The number of furan rings is 1. The lowest BCUT2D eigenvalue weighted by Gasteiger charge is -2.20. The van der Waals surface area contributed by atoms with Crippen LogP contribution in [0, 0.1) is 0 Å². The van der Waals surface area contributed by atoms with Crippen molar-refractivity contribution in [1.82, 2.24) is 10.2 Å². The number of hydrogen-bond acceptors (Lipinski definition) is 4. The molecule has 0 spiro atoms. The number of methoxy groups -OCH3 is 1. The zero-order chi connectivity index (χ0) is 16.7. The molecular formula is C17H20N2O4. The Labute approximate surface area is 135 Å². The summed E-state index contributed by atoms with van der Waals surface area (Å²) in [7, 11) is 1.55. The number of rotatable bonds is 7. The highest BCUT2D eigenvalue weighted by Gasteiger charge is 2.12. The lowest BCUT2D eigenvalue weighted by Crippen LogP contribution is -2.37. The monoisotopic (exact) mass is 316 g/mol. The Kier molecular flexibility index (Phi) is 5.80. The van der Waals surface area contributed by atoms with E-state index in [0.717, 1.165) is 0 Å². The van der Waals surface area contributed by atoms with Gasteiger partial charge in [-0.2, -0.15) is 0 Å². The van der Waals surface area contributed by atoms with Crippen LogP contribution in [0.15, 0.2) is 47.1 Å². The Morgan fingerprint density at radius 2 is 2.09 bits per heavy atom. The van der Waals surface area contributed by atoms with E-state index in [9.17, 15) is 9.59 Å². The molecule has 1 heterocycles. The number of carbonyl (C=O) groups excluding carboxylic acids is 2. The molecule has 2 aromatic rings. The molecule has 0 unspecified atom stereocenters. The Bertz CT molecular complexity index is 652. The van der Waals surface area contributed by atoms with E-state index in [1.165, 1.54) is 6.92 Å². The van der Waals surface area contributed by atoms with E-state index in [1.807, 2.05) is 6.07 Å². The van der Waals surface area contributed by atoms with Gasteiger partial charge in [-0.15, -0.1) is 0 Å². The van der Waals surface area contributed by atoms with Crippen LogP contribution in [0.2, 0.25) is 0 Å². The van der Waals surface area contributed by atoms with E-state index in [4.69, 9.17) is 9.15 Å². The molecule has 2 amide bonds. The molecule has 0 fully saturated rings. The van der Waals surface area contributed by atoms with Crippen molar-refractivity contribution in [3.8, 4) is 5.75 Å². The average molecular weight is 316 g/mol. The standard InChI is InChI=1S/C17H20N2O4/c1-13(20)19(12-16-7-4-10-23-16)9-8-18-17(21)14-5-3-6-15(11-14)22-2/h3-7,10-11H,8-9,12H2,1-2H3,(H,18,21). The van der Waals surface area contributed by atoms with Crippen molar-refractivity contribution >= 4 is 11.8 Å². The van der Waals surface area contributed by atoms with Crippen LogP contribution in [-0.4, -0.2) is 36.9 Å². The van der Waals surface area contributed by atoms with Crippen LogP contribution in [0.5, 0.6) is 5.75 Å². The summed E-state index contributed by atoms with van der Waals surface area (Å²) in [5.74, 6) is 1.06. The first-order valence-corrected chi connectivity index (χ1v) is 7.30.